The number of amides is 2. The smallest absolute Gasteiger partial charge is 0.250 e. The first-order valence-corrected chi connectivity index (χ1v) is 9.70. The fourth-order valence-corrected chi connectivity index (χ4v) is 3.77. The number of likely N-dealkylation sites (tertiary alicyclic amines) is 1. The second-order valence-electron chi connectivity index (χ2n) is 6.64. The van der Waals surface area contributed by atoms with Crippen LogP contribution in [-0.2, 0) is 16.1 Å². The standard InChI is InChI=1S/C21H23BrN2O2/c1-23(15-17-11-5-6-12-18(17)22)21(26)20(16-9-3-2-4-10-16)24-14-8-7-13-19(24)25/h2-6,9-12,20H,7-8,13-15H2,1H3. The molecular formula is C21H23BrN2O2. The lowest BCUT2D eigenvalue weighted by molar-refractivity contribution is -0.147. The number of hydrogen-bond acceptors (Lipinski definition) is 2. The van der Waals surface area contributed by atoms with E-state index in [1.54, 1.807) is 16.8 Å². The van der Waals surface area contributed by atoms with Crippen LogP contribution in [0.25, 0.3) is 0 Å². The van der Waals surface area contributed by atoms with Gasteiger partial charge in [0.25, 0.3) is 0 Å². The van der Waals surface area contributed by atoms with Crippen LogP contribution in [0, 0.1) is 0 Å². The molecule has 0 aliphatic carbocycles. The van der Waals surface area contributed by atoms with Gasteiger partial charge in [0.05, 0.1) is 0 Å². The summed E-state index contributed by atoms with van der Waals surface area (Å²) in [5.41, 5.74) is 1.91. The number of hydrogen-bond donors (Lipinski definition) is 0. The Balaban J connectivity index is 1.87. The number of likely N-dealkylation sites (N-methyl/N-ethyl adjacent to an activating group) is 1. The van der Waals surface area contributed by atoms with Crippen LogP contribution in [0.15, 0.2) is 59.1 Å². The zero-order chi connectivity index (χ0) is 18.5. The maximum absolute atomic E-state index is 13.3. The Hall–Kier alpha value is -2.14. The number of benzene rings is 2. The highest BCUT2D eigenvalue weighted by atomic mass is 79.9. The second kappa shape index (κ2) is 8.49. The molecule has 1 atom stereocenters. The van der Waals surface area contributed by atoms with Gasteiger partial charge < -0.3 is 9.80 Å². The van der Waals surface area contributed by atoms with Crippen LogP contribution in [-0.4, -0.2) is 35.2 Å². The first-order chi connectivity index (χ1) is 12.6. The van der Waals surface area contributed by atoms with Crippen molar-refractivity contribution >= 4 is 27.7 Å². The first kappa shape index (κ1) is 18.6. The number of carbonyl (C=O) groups is 2. The summed E-state index contributed by atoms with van der Waals surface area (Å²) >= 11 is 3.54. The second-order valence-corrected chi connectivity index (χ2v) is 7.50. The van der Waals surface area contributed by atoms with Crippen LogP contribution in [0.3, 0.4) is 0 Å². The molecule has 0 spiro atoms. The molecule has 1 fully saturated rings. The van der Waals surface area contributed by atoms with Crippen LogP contribution in [0.4, 0.5) is 0 Å². The molecule has 136 valence electrons. The van der Waals surface area contributed by atoms with Gasteiger partial charge in [0.1, 0.15) is 6.04 Å². The fourth-order valence-electron chi connectivity index (χ4n) is 3.36. The fraction of sp³-hybridized carbons (Fsp3) is 0.333. The summed E-state index contributed by atoms with van der Waals surface area (Å²) in [5.74, 6) is 0.00921. The van der Waals surface area contributed by atoms with Gasteiger partial charge in [0, 0.05) is 31.0 Å². The molecule has 1 aliphatic rings. The molecule has 0 aromatic heterocycles. The molecule has 26 heavy (non-hydrogen) atoms. The Bertz CT molecular complexity index is 779. The monoisotopic (exact) mass is 414 g/mol. The molecule has 0 N–H and O–H groups in total. The van der Waals surface area contributed by atoms with E-state index in [0.29, 0.717) is 19.5 Å². The van der Waals surface area contributed by atoms with Crippen molar-refractivity contribution < 1.29 is 9.59 Å². The molecule has 1 unspecified atom stereocenters. The van der Waals surface area contributed by atoms with Crippen LogP contribution in [0.5, 0.6) is 0 Å². The summed E-state index contributed by atoms with van der Waals surface area (Å²) < 4.78 is 0.977. The molecule has 1 aliphatic heterocycles. The molecule has 0 saturated carbocycles. The molecule has 2 aromatic rings. The lowest BCUT2D eigenvalue weighted by Crippen LogP contribution is -2.46. The third-order valence-corrected chi connectivity index (χ3v) is 5.54. The minimum atomic E-state index is -0.559. The Morgan fingerprint density at radius 2 is 1.81 bits per heavy atom. The van der Waals surface area contributed by atoms with E-state index < -0.39 is 6.04 Å². The van der Waals surface area contributed by atoms with Crippen molar-refractivity contribution in [1.82, 2.24) is 9.80 Å². The molecule has 4 nitrogen and oxygen atoms in total. The van der Waals surface area contributed by atoms with Gasteiger partial charge in [0.2, 0.25) is 11.8 Å². The molecule has 1 saturated heterocycles. The van der Waals surface area contributed by atoms with Crippen molar-refractivity contribution in [2.24, 2.45) is 0 Å². The lowest BCUT2D eigenvalue weighted by Gasteiger charge is -2.36. The highest BCUT2D eigenvalue weighted by molar-refractivity contribution is 9.10. The van der Waals surface area contributed by atoms with Crippen molar-refractivity contribution in [1.29, 1.82) is 0 Å². The molecule has 2 amide bonds. The summed E-state index contributed by atoms with van der Waals surface area (Å²) in [7, 11) is 1.80. The zero-order valence-electron chi connectivity index (χ0n) is 14.9. The summed E-state index contributed by atoms with van der Waals surface area (Å²) in [6, 6.07) is 16.9. The zero-order valence-corrected chi connectivity index (χ0v) is 16.5. The summed E-state index contributed by atoms with van der Waals surface area (Å²) in [6.07, 6.45) is 2.36. The van der Waals surface area contributed by atoms with E-state index in [1.807, 2.05) is 54.6 Å². The Labute approximate surface area is 162 Å². The molecule has 0 radical (unpaired) electrons. The lowest BCUT2D eigenvalue weighted by atomic mass is 10.00. The number of carbonyl (C=O) groups excluding carboxylic acids is 2. The average Bonchev–Trinajstić information content (AvgIpc) is 2.66. The highest BCUT2D eigenvalue weighted by Crippen LogP contribution is 2.28. The Morgan fingerprint density at radius 3 is 2.50 bits per heavy atom. The third kappa shape index (κ3) is 4.15. The third-order valence-electron chi connectivity index (χ3n) is 4.76. The quantitative estimate of drug-likeness (QED) is 0.736. The Kier molecular flexibility index (Phi) is 6.09. The van der Waals surface area contributed by atoms with Gasteiger partial charge in [-0.1, -0.05) is 64.5 Å². The molecule has 1 heterocycles. The maximum atomic E-state index is 13.3. The number of halogens is 1. The van der Waals surface area contributed by atoms with Gasteiger partial charge in [-0.15, -0.1) is 0 Å². The van der Waals surface area contributed by atoms with Gasteiger partial charge in [0.15, 0.2) is 0 Å². The van der Waals surface area contributed by atoms with Crippen molar-refractivity contribution in [2.45, 2.75) is 31.8 Å². The van der Waals surface area contributed by atoms with E-state index in [9.17, 15) is 9.59 Å². The predicted octanol–water partition coefficient (Wildman–Crippen LogP) is 4.16. The van der Waals surface area contributed by atoms with E-state index >= 15 is 0 Å². The van der Waals surface area contributed by atoms with Crippen LogP contribution < -0.4 is 0 Å². The molecule has 3 rings (SSSR count). The van der Waals surface area contributed by atoms with Crippen molar-refractivity contribution in [3.05, 3.63) is 70.2 Å². The van der Waals surface area contributed by atoms with E-state index in [-0.39, 0.29) is 11.8 Å². The number of piperidine rings is 1. The summed E-state index contributed by atoms with van der Waals surface area (Å²) in [5, 5.41) is 0. The van der Waals surface area contributed by atoms with Gasteiger partial charge >= 0.3 is 0 Å². The van der Waals surface area contributed by atoms with Crippen molar-refractivity contribution in [2.75, 3.05) is 13.6 Å². The SMILES string of the molecule is CN(Cc1ccccc1Br)C(=O)C(c1ccccc1)N1CCCCC1=O. The average molecular weight is 415 g/mol. The molecular weight excluding hydrogens is 392 g/mol. The van der Waals surface area contributed by atoms with E-state index in [0.717, 1.165) is 28.4 Å². The van der Waals surface area contributed by atoms with Gasteiger partial charge in [-0.05, 0) is 30.0 Å². The minimum absolute atomic E-state index is 0.0535. The van der Waals surface area contributed by atoms with E-state index in [4.69, 9.17) is 0 Å². The maximum Gasteiger partial charge on any atom is 0.250 e. The first-order valence-electron chi connectivity index (χ1n) is 8.90. The van der Waals surface area contributed by atoms with Crippen LogP contribution >= 0.6 is 15.9 Å². The topological polar surface area (TPSA) is 40.6 Å². The molecule has 2 aromatic carbocycles. The summed E-state index contributed by atoms with van der Waals surface area (Å²) in [6.45, 7) is 1.12. The highest BCUT2D eigenvalue weighted by Gasteiger charge is 2.34. The normalized spacial score (nSPS) is 15.6. The molecule has 5 heteroatoms. The van der Waals surface area contributed by atoms with Gasteiger partial charge in [-0.2, -0.15) is 0 Å². The number of rotatable bonds is 5. The molecule has 0 bridgehead atoms. The predicted molar refractivity (Wildman–Crippen MR) is 105 cm³/mol. The van der Waals surface area contributed by atoms with Gasteiger partial charge in [-0.3, -0.25) is 9.59 Å². The van der Waals surface area contributed by atoms with E-state index in [2.05, 4.69) is 15.9 Å². The summed E-state index contributed by atoms with van der Waals surface area (Å²) in [4.78, 5) is 29.3. The Morgan fingerprint density at radius 1 is 1.12 bits per heavy atom. The number of nitrogens with zero attached hydrogens (tertiary/aromatic N) is 2. The van der Waals surface area contributed by atoms with Crippen molar-refractivity contribution in [3.63, 3.8) is 0 Å². The van der Waals surface area contributed by atoms with Crippen LogP contribution in [0.1, 0.15) is 36.4 Å². The van der Waals surface area contributed by atoms with Crippen LogP contribution in [0.2, 0.25) is 0 Å². The van der Waals surface area contributed by atoms with E-state index in [1.165, 1.54) is 0 Å². The minimum Gasteiger partial charge on any atom is -0.339 e. The van der Waals surface area contributed by atoms with Crippen molar-refractivity contribution in [3.8, 4) is 0 Å². The largest absolute Gasteiger partial charge is 0.339 e. The van der Waals surface area contributed by atoms with Gasteiger partial charge in [-0.25, -0.2) is 0 Å².